The molecule has 0 aromatic heterocycles. The second kappa shape index (κ2) is 8.81. The van der Waals surface area contributed by atoms with Crippen LogP contribution in [0.2, 0.25) is 0 Å². The Morgan fingerprint density at radius 3 is 2.47 bits per heavy atom. The van der Waals surface area contributed by atoms with E-state index in [1.807, 2.05) is 0 Å². The van der Waals surface area contributed by atoms with Crippen molar-refractivity contribution in [3.63, 3.8) is 0 Å². The van der Waals surface area contributed by atoms with E-state index in [0.29, 0.717) is 28.3 Å². The van der Waals surface area contributed by atoms with Crippen LogP contribution < -0.4 is 19.5 Å². The molecule has 0 atom stereocenters. The van der Waals surface area contributed by atoms with Crippen LogP contribution in [0, 0.1) is 0 Å². The number of anilines is 1. The van der Waals surface area contributed by atoms with Gasteiger partial charge in [0.2, 0.25) is 16.8 Å². The Hall–Kier alpha value is -3.69. The predicted molar refractivity (Wildman–Crippen MR) is 117 cm³/mol. The molecule has 3 aromatic carbocycles. The number of carbonyl (C=O) groups is 2. The van der Waals surface area contributed by atoms with Gasteiger partial charge in [-0.1, -0.05) is 24.3 Å². The average molecular weight is 452 g/mol. The van der Waals surface area contributed by atoms with E-state index in [4.69, 9.17) is 9.47 Å². The van der Waals surface area contributed by atoms with Crippen molar-refractivity contribution in [3.8, 4) is 11.5 Å². The number of amides is 1. The lowest BCUT2D eigenvalue weighted by atomic mass is 10.1. The van der Waals surface area contributed by atoms with E-state index in [2.05, 4.69) is 10.0 Å². The Balaban J connectivity index is 1.47. The molecule has 1 aliphatic heterocycles. The zero-order valence-corrected chi connectivity index (χ0v) is 17.9. The molecule has 8 nitrogen and oxygen atoms in total. The minimum absolute atomic E-state index is 0.0385. The highest BCUT2D eigenvalue weighted by molar-refractivity contribution is 7.89. The number of hydrogen-bond acceptors (Lipinski definition) is 6. The Labute approximate surface area is 185 Å². The number of rotatable bonds is 7. The third kappa shape index (κ3) is 4.79. The van der Waals surface area contributed by atoms with Crippen molar-refractivity contribution in [3.05, 3.63) is 83.4 Å². The quantitative estimate of drug-likeness (QED) is 0.532. The molecule has 1 heterocycles. The van der Waals surface area contributed by atoms with E-state index in [1.54, 1.807) is 42.5 Å². The molecule has 164 valence electrons. The number of hydrogen-bond donors (Lipinski definition) is 2. The van der Waals surface area contributed by atoms with Crippen molar-refractivity contribution in [2.75, 3.05) is 12.1 Å². The summed E-state index contributed by atoms with van der Waals surface area (Å²) in [4.78, 5) is 24.1. The van der Waals surface area contributed by atoms with Gasteiger partial charge in [0.25, 0.3) is 5.91 Å². The van der Waals surface area contributed by atoms with E-state index in [-0.39, 0.29) is 29.6 Å². The standard InChI is InChI=1S/C23H20N2O6S/c1-15(26)17-4-2-6-19(11-17)25-23(27)18-5-3-7-20(12-18)32(28,29)24-13-16-8-9-21-22(10-16)31-14-30-21/h2-12,24H,13-14H2,1H3,(H,25,27). The van der Waals surface area contributed by atoms with Crippen LogP contribution in [0.3, 0.4) is 0 Å². The van der Waals surface area contributed by atoms with Gasteiger partial charge in [-0.3, -0.25) is 9.59 Å². The first-order valence-electron chi connectivity index (χ1n) is 9.72. The smallest absolute Gasteiger partial charge is 0.255 e. The zero-order chi connectivity index (χ0) is 22.7. The number of sulfonamides is 1. The Kier molecular flexibility index (Phi) is 5.93. The highest BCUT2D eigenvalue weighted by Crippen LogP contribution is 2.32. The summed E-state index contributed by atoms with van der Waals surface area (Å²) in [6, 6.07) is 17.4. The molecule has 3 aromatic rings. The van der Waals surface area contributed by atoms with Gasteiger partial charge in [-0.25, -0.2) is 13.1 Å². The third-order valence-corrected chi connectivity index (χ3v) is 6.24. The lowest BCUT2D eigenvalue weighted by Gasteiger charge is -2.10. The number of ketones is 1. The van der Waals surface area contributed by atoms with Gasteiger partial charge in [-0.15, -0.1) is 0 Å². The molecule has 0 spiro atoms. The van der Waals surface area contributed by atoms with Crippen molar-refractivity contribution in [2.24, 2.45) is 0 Å². The fraction of sp³-hybridized carbons (Fsp3) is 0.130. The Morgan fingerprint density at radius 2 is 1.66 bits per heavy atom. The monoisotopic (exact) mass is 452 g/mol. The van der Waals surface area contributed by atoms with Crippen LogP contribution in [0.5, 0.6) is 11.5 Å². The van der Waals surface area contributed by atoms with Crippen LogP contribution in [0.25, 0.3) is 0 Å². The molecule has 0 unspecified atom stereocenters. The van der Waals surface area contributed by atoms with Gasteiger partial charge in [0, 0.05) is 23.4 Å². The summed E-state index contributed by atoms with van der Waals surface area (Å²) in [7, 11) is -3.87. The molecule has 1 aliphatic rings. The molecule has 0 fully saturated rings. The maximum absolute atomic E-state index is 12.8. The van der Waals surface area contributed by atoms with Crippen LogP contribution in [0.15, 0.2) is 71.6 Å². The summed E-state index contributed by atoms with van der Waals surface area (Å²) in [5.41, 5.74) is 1.78. The minimum atomic E-state index is -3.87. The Morgan fingerprint density at radius 1 is 0.906 bits per heavy atom. The van der Waals surface area contributed by atoms with Gasteiger partial charge in [0.05, 0.1) is 4.90 Å². The first kappa shape index (κ1) is 21.5. The largest absolute Gasteiger partial charge is 0.454 e. The molecule has 2 N–H and O–H groups in total. The van der Waals surface area contributed by atoms with Gasteiger partial charge in [-0.05, 0) is 55.0 Å². The number of ether oxygens (including phenoxy) is 2. The van der Waals surface area contributed by atoms with Crippen LogP contribution in [-0.4, -0.2) is 26.9 Å². The summed E-state index contributed by atoms with van der Waals surface area (Å²) in [6.07, 6.45) is 0. The van der Waals surface area contributed by atoms with Crippen molar-refractivity contribution in [2.45, 2.75) is 18.4 Å². The topological polar surface area (TPSA) is 111 Å². The number of benzene rings is 3. The van der Waals surface area contributed by atoms with Gasteiger partial charge < -0.3 is 14.8 Å². The molecule has 0 aliphatic carbocycles. The summed E-state index contributed by atoms with van der Waals surface area (Å²) in [6.45, 7) is 1.62. The van der Waals surface area contributed by atoms with E-state index < -0.39 is 15.9 Å². The van der Waals surface area contributed by atoms with Gasteiger partial charge in [0.1, 0.15) is 0 Å². The lowest BCUT2D eigenvalue weighted by Crippen LogP contribution is -2.23. The second-order valence-corrected chi connectivity index (χ2v) is 8.90. The Bertz CT molecular complexity index is 1300. The minimum Gasteiger partial charge on any atom is -0.454 e. The van der Waals surface area contributed by atoms with Crippen molar-refractivity contribution < 1.29 is 27.5 Å². The first-order chi connectivity index (χ1) is 15.3. The second-order valence-electron chi connectivity index (χ2n) is 7.13. The first-order valence-corrected chi connectivity index (χ1v) is 11.2. The summed E-state index contributed by atoms with van der Waals surface area (Å²) < 4.78 is 38.6. The molecular weight excluding hydrogens is 432 g/mol. The van der Waals surface area contributed by atoms with Crippen molar-refractivity contribution in [1.82, 2.24) is 4.72 Å². The molecule has 32 heavy (non-hydrogen) atoms. The molecule has 4 rings (SSSR count). The fourth-order valence-corrected chi connectivity index (χ4v) is 4.20. The van der Waals surface area contributed by atoms with Gasteiger partial charge >= 0.3 is 0 Å². The SMILES string of the molecule is CC(=O)c1cccc(NC(=O)c2cccc(S(=O)(=O)NCc3ccc4c(c3)OCO4)c2)c1. The maximum atomic E-state index is 12.8. The zero-order valence-electron chi connectivity index (χ0n) is 17.1. The van der Waals surface area contributed by atoms with E-state index in [1.165, 1.54) is 31.2 Å². The highest BCUT2D eigenvalue weighted by Gasteiger charge is 2.18. The van der Waals surface area contributed by atoms with E-state index in [0.717, 1.165) is 0 Å². The van der Waals surface area contributed by atoms with Gasteiger partial charge in [0.15, 0.2) is 17.3 Å². The summed E-state index contributed by atoms with van der Waals surface area (Å²) >= 11 is 0. The number of carbonyl (C=O) groups excluding carboxylic acids is 2. The molecule has 9 heteroatoms. The lowest BCUT2D eigenvalue weighted by molar-refractivity contribution is 0.101. The van der Waals surface area contributed by atoms with Crippen LogP contribution in [0.4, 0.5) is 5.69 Å². The summed E-state index contributed by atoms with van der Waals surface area (Å²) in [5, 5.41) is 2.68. The fourth-order valence-electron chi connectivity index (χ4n) is 3.14. The molecule has 0 bridgehead atoms. The number of Topliss-reactive ketones (excluding diaryl/α,β-unsaturated/α-hetero) is 1. The number of nitrogens with one attached hydrogen (secondary N) is 2. The van der Waals surface area contributed by atoms with Gasteiger partial charge in [-0.2, -0.15) is 0 Å². The van der Waals surface area contributed by atoms with Crippen molar-refractivity contribution in [1.29, 1.82) is 0 Å². The predicted octanol–water partition coefficient (Wildman–Crippen LogP) is 3.35. The average Bonchev–Trinajstić information content (AvgIpc) is 3.26. The van der Waals surface area contributed by atoms with E-state index >= 15 is 0 Å². The molecule has 1 amide bonds. The molecule has 0 saturated heterocycles. The van der Waals surface area contributed by atoms with Crippen LogP contribution in [0.1, 0.15) is 33.2 Å². The van der Waals surface area contributed by atoms with E-state index in [9.17, 15) is 18.0 Å². The number of fused-ring (bicyclic) bond motifs is 1. The molecule has 0 saturated carbocycles. The highest BCUT2D eigenvalue weighted by atomic mass is 32.2. The summed E-state index contributed by atoms with van der Waals surface area (Å²) in [5.74, 6) is 0.569. The normalized spacial score (nSPS) is 12.4. The maximum Gasteiger partial charge on any atom is 0.255 e. The van der Waals surface area contributed by atoms with Crippen molar-refractivity contribution >= 4 is 27.4 Å². The molecular formula is C23H20N2O6S. The molecule has 0 radical (unpaired) electrons. The van der Waals surface area contributed by atoms with Crippen LogP contribution >= 0.6 is 0 Å². The van der Waals surface area contributed by atoms with Crippen LogP contribution in [-0.2, 0) is 16.6 Å². The third-order valence-electron chi connectivity index (χ3n) is 4.84.